The first-order valence-corrected chi connectivity index (χ1v) is 7.17. The van der Waals surface area contributed by atoms with Gasteiger partial charge < -0.3 is 0 Å². The summed E-state index contributed by atoms with van der Waals surface area (Å²) in [5, 5.41) is 14.1. The van der Waals surface area contributed by atoms with Crippen molar-refractivity contribution in [2.45, 2.75) is 4.90 Å². The van der Waals surface area contributed by atoms with Crippen LogP contribution in [0.4, 0.5) is 5.69 Å². The normalized spacial score (nSPS) is 11.4. The van der Waals surface area contributed by atoms with Gasteiger partial charge >= 0.3 is 0 Å². The van der Waals surface area contributed by atoms with Crippen molar-refractivity contribution >= 4 is 21.9 Å². The van der Waals surface area contributed by atoms with Crippen LogP contribution in [0.5, 0.6) is 0 Å². The minimum Gasteiger partial charge on any atom is -0.264 e. The van der Waals surface area contributed by atoms with Gasteiger partial charge in [0.05, 0.1) is 16.0 Å². The number of non-ortho nitro benzene ring substituents is 1. The lowest BCUT2D eigenvalue weighted by Crippen LogP contribution is -2.18. The first kappa shape index (κ1) is 14.6. The highest BCUT2D eigenvalue weighted by atomic mass is 32.2. The van der Waals surface area contributed by atoms with Crippen LogP contribution in [0.2, 0.25) is 0 Å². The average molecular weight is 306 g/mol. The lowest BCUT2D eigenvalue weighted by atomic mass is 10.3. The number of hydrogen-bond donors (Lipinski definition) is 1. The van der Waals surface area contributed by atoms with Gasteiger partial charge in [0.15, 0.2) is 0 Å². The van der Waals surface area contributed by atoms with E-state index in [-0.39, 0.29) is 10.6 Å². The van der Waals surface area contributed by atoms with Gasteiger partial charge in [0.25, 0.3) is 15.7 Å². The summed E-state index contributed by atoms with van der Waals surface area (Å²) in [4.78, 5) is 15.6. The quantitative estimate of drug-likeness (QED) is 0.508. The van der Waals surface area contributed by atoms with E-state index in [0.717, 1.165) is 24.3 Å². The fraction of sp³-hybridized carbons (Fsp3) is 0. The molecule has 0 saturated heterocycles. The number of nitrogens with one attached hydrogen (secondary N) is 1. The van der Waals surface area contributed by atoms with Gasteiger partial charge in [-0.3, -0.25) is 15.1 Å². The number of nitro benzene ring substituents is 1. The molecule has 1 N–H and O–H groups in total. The highest BCUT2D eigenvalue weighted by Gasteiger charge is 2.14. The van der Waals surface area contributed by atoms with Crippen LogP contribution in [0.25, 0.3) is 0 Å². The van der Waals surface area contributed by atoms with E-state index < -0.39 is 14.9 Å². The van der Waals surface area contributed by atoms with Gasteiger partial charge in [-0.2, -0.15) is 13.5 Å². The molecule has 0 aliphatic heterocycles. The van der Waals surface area contributed by atoms with Gasteiger partial charge in [-0.05, 0) is 18.2 Å². The molecule has 0 unspecified atom stereocenters. The minimum absolute atomic E-state index is 0.114. The zero-order valence-corrected chi connectivity index (χ0v) is 11.4. The molecule has 1 aromatic carbocycles. The number of hydrazone groups is 1. The number of pyridine rings is 1. The SMILES string of the molecule is O=[N+]([O-])c1ccc(S(=O)(=O)NN=Cc2cccnc2)cc1. The maximum atomic E-state index is 11.9. The van der Waals surface area contributed by atoms with E-state index in [0.29, 0.717) is 5.56 Å². The number of nitro groups is 1. The van der Waals surface area contributed by atoms with Crippen LogP contribution < -0.4 is 4.83 Å². The van der Waals surface area contributed by atoms with Crippen LogP contribution in [0.1, 0.15) is 5.56 Å². The molecule has 21 heavy (non-hydrogen) atoms. The molecule has 0 aliphatic rings. The average Bonchev–Trinajstić information content (AvgIpc) is 2.48. The number of benzene rings is 1. The molecule has 0 bridgehead atoms. The Hall–Kier alpha value is -2.81. The van der Waals surface area contributed by atoms with Crippen molar-refractivity contribution in [1.82, 2.24) is 9.82 Å². The van der Waals surface area contributed by atoms with Crippen LogP contribution in [-0.2, 0) is 10.0 Å². The molecule has 8 nitrogen and oxygen atoms in total. The van der Waals surface area contributed by atoms with Crippen molar-refractivity contribution in [3.05, 3.63) is 64.5 Å². The largest absolute Gasteiger partial charge is 0.276 e. The summed E-state index contributed by atoms with van der Waals surface area (Å²) in [7, 11) is -3.86. The van der Waals surface area contributed by atoms with Crippen molar-refractivity contribution in [3.63, 3.8) is 0 Å². The summed E-state index contributed by atoms with van der Waals surface area (Å²) < 4.78 is 23.8. The highest BCUT2D eigenvalue weighted by Crippen LogP contribution is 2.15. The van der Waals surface area contributed by atoms with E-state index in [4.69, 9.17) is 0 Å². The van der Waals surface area contributed by atoms with Gasteiger partial charge in [-0.1, -0.05) is 6.07 Å². The van der Waals surface area contributed by atoms with Gasteiger partial charge in [0, 0.05) is 30.1 Å². The molecule has 2 aromatic rings. The lowest BCUT2D eigenvalue weighted by Gasteiger charge is -2.02. The maximum absolute atomic E-state index is 11.9. The molecule has 0 saturated carbocycles. The Morgan fingerprint density at radius 3 is 2.52 bits per heavy atom. The Bertz CT molecular complexity index is 758. The summed E-state index contributed by atoms with van der Waals surface area (Å²) in [6.45, 7) is 0. The van der Waals surface area contributed by atoms with Gasteiger partial charge in [-0.15, -0.1) is 0 Å². The molecule has 2 rings (SSSR count). The summed E-state index contributed by atoms with van der Waals surface area (Å²) in [6, 6.07) is 7.89. The van der Waals surface area contributed by atoms with Crippen LogP contribution in [0.3, 0.4) is 0 Å². The van der Waals surface area contributed by atoms with E-state index in [2.05, 4.69) is 10.1 Å². The Labute approximate surface area is 120 Å². The molecule has 108 valence electrons. The molecule has 1 heterocycles. The third-order valence-corrected chi connectivity index (χ3v) is 3.67. The number of nitrogens with zero attached hydrogens (tertiary/aromatic N) is 3. The van der Waals surface area contributed by atoms with Crippen LogP contribution in [0, 0.1) is 10.1 Å². The number of aromatic nitrogens is 1. The minimum atomic E-state index is -3.86. The molecular weight excluding hydrogens is 296 g/mol. The van der Waals surface area contributed by atoms with Crippen molar-refractivity contribution in [1.29, 1.82) is 0 Å². The fourth-order valence-corrected chi connectivity index (χ4v) is 2.21. The summed E-state index contributed by atoms with van der Waals surface area (Å²) in [6.07, 6.45) is 4.40. The van der Waals surface area contributed by atoms with E-state index in [9.17, 15) is 18.5 Å². The molecule has 0 aliphatic carbocycles. The smallest absolute Gasteiger partial charge is 0.264 e. The molecule has 1 aromatic heterocycles. The molecule has 0 atom stereocenters. The zero-order chi connectivity index (χ0) is 15.3. The number of sulfonamides is 1. The van der Waals surface area contributed by atoms with E-state index >= 15 is 0 Å². The zero-order valence-electron chi connectivity index (χ0n) is 10.6. The second kappa shape index (κ2) is 6.09. The van der Waals surface area contributed by atoms with Gasteiger partial charge in [0.2, 0.25) is 0 Å². The van der Waals surface area contributed by atoms with Gasteiger partial charge in [0.1, 0.15) is 0 Å². The van der Waals surface area contributed by atoms with E-state index in [1.54, 1.807) is 18.3 Å². The fourth-order valence-electron chi connectivity index (χ4n) is 1.42. The lowest BCUT2D eigenvalue weighted by molar-refractivity contribution is -0.384. The van der Waals surface area contributed by atoms with Crippen LogP contribution in [-0.4, -0.2) is 24.5 Å². The van der Waals surface area contributed by atoms with E-state index in [1.165, 1.54) is 12.4 Å². The van der Waals surface area contributed by atoms with E-state index in [1.807, 2.05) is 4.83 Å². The van der Waals surface area contributed by atoms with Crippen molar-refractivity contribution in [2.75, 3.05) is 0 Å². The first-order chi connectivity index (χ1) is 9.99. The Morgan fingerprint density at radius 1 is 1.24 bits per heavy atom. The molecule has 0 amide bonds. The van der Waals surface area contributed by atoms with Crippen molar-refractivity contribution in [2.24, 2.45) is 5.10 Å². The molecule has 0 radical (unpaired) electrons. The third kappa shape index (κ3) is 3.83. The standard InChI is InChI=1S/C12H10N4O4S/c17-16(18)11-3-5-12(6-4-11)21(19,20)15-14-9-10-2-1-7-13-8-10/h1-9,15H. The Balaban J connectivity index is 2.11. The van der Waals surface area contributed by atoms with Crippen LogP contribution in [0.15, 0.2) is 58.8 Å². The topological polar surface area (TPSA) is 115 Å². The summed E-state index contributed by atoms with van der Waals surface area (Å²) in [5.74, 6) is 0. The molecular formula is C12H10N4O4S. The third-order valence-electron chi connectivity index (χ3n) is 2.43. The first-order valence-electron chi connectivity index (χ1n) is 5.68. The Kier molecular flexibility index (Phi) is 4.24. The van der Waals surface area contributed by atoms with Crippen molar-refractivity contribution < 1.29 is 13.3 Å². The molecule has 9 heteroatoms. The monoisotopic (exact) mass is 306 g/mol. The second-order valence-corrected chi connectivity index (χ2v) is 5.55. The number of rotatable bonds is 5. The highest BCUT2D eigenvalue weighted by molar-refractivity contribution is 7.89. The Morgan fingerprint density at radius 2 is 1.95 bits per heavy atom. The molecule has 0 fully saturated rings. The van der Waals surface area contributed by atoms with Gasteiger partial charge in [-0.25, -0.2) is 4.83 Å². The van der Waals surface area contributed by atoms with Crippen LogP contribution >= 0.6 is 0 Å². The van der Waals surface area contributed by atoms with Crippen molar-refractivity contribution in [3.8, 4) is 0 Å². The second-order valence-electron chi connectivity index (χ2n) is 3.89. The predicted molar refractivity (Wildman–Crippen MR) is 75.2 cm³/mol. The molecule has 0 spiro atoms. The predicted octanol–water partition coefficient (Wildman–Crippen LogP) is 1.30. The summed E-state index contributed by atoms with van der Waals surface area (Å²) in [5.41, 5.74) is 0.441. The maximum Gasteiger partial charge on any atom is 0.276 e. The summed E-state index contributed by atoms with van der Waals surface area (Å²) >= 11 is 0. The number of hydrogen-bond acceptors (Lipinski definition) is 6.